The second-order valence-electron chi connectivity index (χ2n) is 9.57. The molecule has 0 saturated carbocycles. The van der Waals surface area contributed by atoms with Crippen molar-refractivity contribution in [3.05, 3.63) is 58.0 Å². The highest BCUT2D eigenvalue weighted by molar-refractivity contribution is 6.36. The molecule has 2 aliphatic heterocycles. The monoisotopic (exact) mass is 503 g/mol. The number of pyridine rings is 1. The zero-order chi connectivity index (χ0) is 24.1. The molecule has 34 heavy (non-hydrogen) atoms. The molecule has 178 valence electrons. The zero-order valence-electron chi connectivity index (χ0n) is 18.9. The SMILES string of the molecule is CC(C)(F)c1nc(-c2ccc(N3CC4(CCN(C(=O)c5ccc(Cl)cc5Cl)CC4)C3)nc2)no1. The van der Waals surface area contributed by atoms with Gasteiger partial charge in [-0.15, -0.1) is 0 Å². The Kier molecular flexibility index (Phi) is 5.76. The van der Waals surface area contributed by atoms with Gasteiger partial charge >= 0.3 is 0 Å². The van der Waals surface area contributed by atoms with Crippen LogP contribution in [-0.4, -0.2) is 52.1 Å². The van der Waals surface area contributed by atoms with E-state index in [1.54, 1.807) is 24.4 Å². The Bertz CT molecular complexity index is 1210. The lowest BCUT2D eigenvalue weighted by Crippen LogP contribution is -2.61. The summed E-state index contributed by atoms with van der Waals surface area (Å²) < 4.78 is 19.0. The van der Waals surface area contributed by atoms with Crippen LogP contribution in [0.2, 0.25) is 10.0 Å². The fourth-order valence-corrected chi connectivity index (χ4v) is 5.04. The lowest BCUT2D eigenvalue weighted by Gasteiger charge is -2.54. The van der Waals surface area contributed by atoms with E-state index in [1.165, 1.54) is 13.8 Å². The molecule has 4 heterocycles. The van der Waals surface area contributed by atoms with Crippen LogP contribution in [0.3, 0.4) is 0 Å². The van der Waals surface area contributed by atoms with Gasteiger partial charge in [0, 0.05) is 48.4 Å². The van der Waals surface area contributed by atoms with E-state index in [9.17, 15) is 9.18 Å². The average molecular weight is 504 g/mol. The molecule has 2 fully saturated rings. The van der Waals surface area contributed by atoms with E-state index < -0.39 is 5.67 Å². The summed E-state index contributed by atoms with van der Waals surface area (Å²) in [6.07, 6.45) is 3.55. The van der Waals surface area contributed by atoms with Gasteiger partial charge in [0.1, 0.15) is 5.82 Å². The maximum absolute atomic E-state index is 14.0. The fourth-order valence-electron chi connectivity index (χ4n) is 4.55. The van der Waals surface area contributed by atoms with Crippen LogP contribution < -0.4 is 4.90 Å². The van der Waals surface area contributed by atoms with Crippen LogP contribution >= 0.6 is 23.2 Å². The van der Waals surface area contributed by atoms with E-state index in [-0.39, 0.29) is 17.2 Å². The molecular formula is C24H24Cl2FN5O2. The second-order valence-corrected chi connectivity index (χ2v) is 10.4. The number of carbonyl (C=O) groups is 1. The number of amides is 1. The van der Waals surface area contributed by atoms with Crippen molar-refractivity contribution in [3.8, 4) is 11.4 Å². The molecule has 0 radical (unpaired) electrons. The molecule has 10 heteroatoms. The van der Waals surface area contributed by atoms with Crippen LogP contribution in [0.25, 0.3) is 11.4 Å². The van der Waals surface area contributed by atoms with Gasteiger partial charge in [-0.1, -0.05) is 28.4 Å². The molecule has 0 unspecified atom stereocenters. The van der Waals surface area contributed by atoms with E-state index in [1.807, 2.05) is 17.0 Å². The van der Waals surface area contributed by atoms with Gasteiger partial charge in [0.2, 0.25) is 5.82 Å². The normalized spacial score (nSPS) is 17.7. The van der Waals surface area contributed by atoms with Crippen LogP contribution in [0.1, 0.15) is 42.9 Å². The average Bonchev–Trinajstić information content (AvgIpc) is 3.28. The molecular weight excluding hydrogens is 480 g/mol. The Morgan fingerprint density at radius 1 is 1.15 bits per heavy atom. The van der Waals surface area contributed by atoms with Crippen molar-refractivity contribution in [2.75, 3.05) is 31.1 Å². The third-order valence-electron chi connectivity index (χ3n) is 6.59. The van der Waals surface area contributed by atoms with Crippen molar-refractivity contribution in [1.82, 2.24) is 20.0 Å². The molecule has 0 aliphatic carbocycles. The Labute approximate surface area is 206 Å². The number of aromatic nitrogens is 3. The van der Waals surface area contributed by atoms with E-state index in [0.29, 0.717) is 40.1 Å². The minimum Gasteiger partial charge on any atom is -0.355 e. The van der Waals surface area contributed by atoms with Gasteiger partial charge in [-0.3, -0.25) is 4.79 Å². The second kappa shape index (κ2) is 8.50. The number of alkyl halides is 1. The molecule has 5 rings (SSSR count). The Morgan fingerprint density at radius 3 is 2.47 bits per heavy atom. The van der Waals surface area contributed by atoms with Crippen molar-refractivity contribution >= 4 is 34.9 Å². The summed E-state index contributed by atoms with van der Waals surface area (Å²) in [5.74, 6) is 1.08. The number of benzene rings is 1. The van der Waals surface area contributed by atoms with Crippen LogP contribution in [0.4, 0.5) is 10.2 Å². The highest BCUT2D eigenvalue weighted by atomic mass is 35.5. The first-order valence-corrected chi connectivity index (χ1v) is 11.9. The number of nitrogens with zero attached hydrogens (tertiary/aromatic N) is 5. The van der Waals surface area contributed by atoms with Crippen molar-refractivity contribution in [3.63, 3.8) is 0 Å². The number of halogens is 3. The van der Waals surface area contributed by atoms with Crippen molar-refractivity contribution < 1.29 is 13.7 Å². The van der Waals surface area contributed by atoms with Crippen molar-refractivity contribution in [1.29, 1.82) is 0 Å². The summed E-state index contributed by atoms with van der Waals surface area (Å²) in [6, 6.07) is 8.76. The number of hydrogen-bond donors (Lipinski definition) is 0. The molecule has 1 aromatic carbocycles. The summed E-state index contributed by atoms with van der Waals surface area (Å²) in [6.45, 7) is 5.93. The summed E-state index contributed by atoms with van der Waals surface area (Å²) in [4.78, 5) is 25.7. The molecule has 2 aliphatic rings. The predicted molar refractivity (Wildman–Crippen MR) is 128 cm³/mol. The zero-order valence-corrected chi connectivity index (χ0v) is 20.4. The van der Waals surface area contributed by atoms with Crippen LogP contribution in [0, 0.1) is 5.41 Å². The Hall–Kier alpha value is -2.71. The van der Waals surface area contributed by atoms with E-state index in [2.05, 4.69) is 20.0 Å². The van der Waals surface area contributed by atoms with Crippen LogP contribution in [0.5, 0.6) is 0 Å². The third-order valence-corrected chi connectivity index (χ3v) is 7.14. The largest absolute Gasteiger partial charge is 0.355 e. The summed E-state index contributed by atoms with van der Waals surface area (Å²) >= 11 is 12.2. The highest BCUT2D eigenvalue weighted by Crippen LogP contribution is 2.42. The standard InChI is InChI=1S/C24H24Cl2FN5O2/c1-23(2,27)22-29-20(30-34-22)15-3-6-19(28-12-15)32-13-24(14-32)7-9-31(10-8-24)21(33)17-5-4-16(25)11-18(17)26/h3-6,11-12H,7-10,13-14H2,1-2H3. The molecule has 2 saturated heterocycles. The van der Waals surface area contributed by atoms with E-state index in [0.717, 1.165) is 31.7 Å². The summed E-state index contributed by atoms with van der Waals surface area (Å²) in [5, 5.41) is 4.75. The lowest BCUT2D eigenvalue weighted by atomic mass is 9.72. The van der Waals surface area contributed by atoms with Gasteiger partial charge in [-0.2, -0.15) is 4.98 Å². The van der Waals surface area contributed by atoms with Crippen LogP contribution in [-0.2, 0) is 5.67 Å². The minimum atomic E-state index is -1.69. The van der Waals surface area contributed by atoms with Gasteiger partial charge < -0.3 is 14.3 Å². The van der Waals surface area contributed by atoms with Crippen LogP contribution in [0.15, 0.2) is 41.1 Å². The van der Waals surface area contributed by atoms with E-state index >= 15 is 0 Å². The number of piperidine rings is 1. The molecule has 1 amide bonds. The smallest absolute Gasteiger partial charge is 0.264 e. The topological polar surface area (TPSA) is 75.4 Å². The van der Waals surface area contributed by atoms with Crippen molar-refractivity contribution in [2.45, 2.75) is 32.4 Å². The summed E-state index contributed by atoms with van der Waals surface area (Å²) in [7, 11) is 0. The lowest BCUT2D eigenvalue weighted by molar-refractivity contribution is 0.0501. The third kappa shape index (κ3) is 4.36. The molecule has 0 atom stereocenters. The molecule has 0 bridgehead atoms. The number of anilines is 1. The maximum Gasteiger partial charge on any atom is 0.264 e. The first kappa shape index (κ1) is 23.1. The number of rotatable bonds is 4. The van der Waals surface area contributed by atoms with Gasteiger partial charge in [0.15, 0.2) is 5.67 Å². The summed E-state index contributed by atoms with van der Waals surface area (Å²) in [5.41, 5.74) is -0.335. The Balaban J connectivity index is 1.17. The molecule has 3 aromatic rings. The van der Waals surface area contributed by atoms with Gasteiger partial charge in [0.05, 0.1) is 10.6 Å². The number of likely N-dealkylation sites (tertiary alicyclic amines) is 1. The quantitative estimate of drug-likeness (QED) is 0.475. The molecule has 2 aromatic heterocycles. The fraction of sp³-hybridized carbons (Fsp3) is 0.417. The highest BCUT2D eigenvalue weighted by Gasteiger charge is 2.46. The predicted octanol–water partition coefficient (Wildman–Crippen LogP) is 5.39. The molecule has 0 N–H and O–H groups in total. The molecule has 7 nitrogen and oxygen atoms in total. The van der Waals surface area contributed by atoms with Gasteiger partial charge in [-0.25, -0.2) is 9.37 Å². The first-order valence-electron chi connectivity index (χ1n) is 11.1. The number of hydrogen-bond acceptors (Lipinski definition) is 6. The Morgan fingerprint density at radius 2 is 1.88 bits per heavy atom. The van der Waals surface area contributed by atoms with Gasteiger partial charge in [-0.05, 0) is 57.0 Å². The number of carbonyl (C=O) groups excluding carboxylic acids is 1. The first-order chi connectivity index (χ1) is 16.1. The van der Waals surface area contributed by atoms with Gasteiger partial charge in [0.25, 0.3) is 11.8 Å². The minimum absolute atomic E-state index is 0.0503. The van der Waals surface area contributed by atoms with E-state index in [4.69, 9.17) is 27.7 Å². The van der Waals surface area contributed by atoms with Crippen molar-refractivity contribution in [2.24, 2.45) is 5.41 Å². The maximum atomic E-state index is 14.0. The molecule has 1 spiro atoms.